The Kier molecular flexibility index (Phi) is 2.65. The van der Waals surface area contributed by atoms with Crippen LogP contribution in [0.15, 0.2) is 23.2 Å². The number of carbonyl (C=O) groups is 1. The molecule has 0 fully saturated rings. The van der Waals surface area contributed by atoms with Crippen LogP contribution in [0, 0.1) is 6.92 Å². The molecule has 1 aromatic carbocycles. The number of anilines is 1. The van der Waals surface area contributed by atoms with Gasteiger partial charge in [-0.2, -0.15) is 13.2 Å². The molecular formula is C11H9F3N2O. The van der Waals surface area contributed by atoms with Crippen LogP contribution in [0.4, 0.5) is 18.9 Å². The van der Waals surface area contributed by atoms with Crippen LogP contribution in [0.3, 0.4) is 0 Å². The number of carbonyl (C=O) groups excluding carboxylic acids is 1. The number of aryl methyl sites for hydroxylation is 1. The number of hydrogen-bond acceptors (Lipinski definition) is 2. The Morgan fingerprint density at radius 3 is 2.71 bits per heavy atom. The topological polar surface area (TPSA) is 41.5 Å². The number of benzene rings is 1. The molecule has 0 spiro atoms. The second-order valence-corrected chi connectivity index (χ2v) is 3.76. The number of nitrogens with zero attached hydrogens (tertiary/aromatic N) is 1. The monoisotopic (exact) mass is 242 g/mol. The highest BCUT2D eigenvalue weighted by molar-refractivity contribution is 6.13. The van der Waals surface area contributed by atoms with Crippen LogP contribution in [0.5, 0.6) is 0 Å². The van der Waals surface area contributed by atoms with Gasteiger partial charge in [-0.05, 0) is 19.1 Å². The van der Waals surface area contributed by atoms with Crippen LogP contribution in [-0.4, -0.2) is 24.3 Å². The first-order valence-electron chi connectivity index (χ1n) is 4.90. The Morgan fingerprint density at radius 1 is 1.35 bits per heavy atom. The number of benzodiazepines with no additional fused rings is 1. The second-order valence-electron chi connectivity index (χ2n) is 3.76. The van der Waals surface area contributed by atoms with Crippen molar-refractivity contribution in [2.75, 3.05) is 11.9 Å². The molecule has 0 unspecified atom stereocenters. The third kappa shape index (κ3) is 2.30. The van der Waals surface area contributed by atoms with E-state index < -0.39 is 24.3 Å². The minimum atomic E-state index is -4.56. The molecule has 0 radical (unpaired) electrons. The van der Waals surface area contributed by atoms with Crippen LogP contribution in [0.25, 0.3) is 0 Å². The Balaban J connectivity index is 2.62. The predicted octanol–water partition coefficient (Wildman–Crippen LogP) is 2.30. The van der Waals surface area contributed by atoms with Crippen molar-refractivity contribution in [2.45, 2.75) is 13.1 Å². The molecule has 1 amide bonds. The molecule has 1 heterocycles. The van der Waals surface area contributed by atoms with Crippen molar-refractivity contribution in [3.63, 3.8) is 0 Å². The quantitative estimate of drug-likeness (QED) is 0.745. The molecule has 0 saturated carbocycles. The van der Waals surface area contributed by atoms with Gasteiger partial charge >= 0.3 is 6.18 Å². The van der Waals surface area contributed by atoms with Crippen molar-refractivity contribution in [3.05, 3.63) is 29.3 Å². The first-order chi connectivity index (χ1) is 7.88. The maximum atomic E-state index is 12.8. The van der Waals surface area contributed by atoms with E-state index in [-0.39, 0.29) is 11.3 Å². The number of aliphatic imine (C=N–C) groups is 1. The van der Waals surface area contributed by atoms with E-state index in [0.717, 1.165) is 0 Å². The first kappa shape index (κ1) is 11.6. The van der Waals surface area contributed by atoms with Crippen LogP contribution in [0.2, 0.25) is 0 Å². The molecule has 1 aliphatic rings. The summed E-state index contributed by atoms with van der Waals surface area (Å²) in [6.07, 6.45) is -4.56. The lowest BCUT2D eigenvalue weighted by molar-refractivity contribution is -0.114. The number of rotatable bonds is 0. The highest BCUT2D eigenvalue weighted by Gasteiger charge is 2.39. The highest BCUT2D eigenvalue weighted by atomic mass is 19.4. The van der Waals surface area contributed by atoms with E-state index in [1.807, 2.05) is 0 Å². The number of halogens is 3. The maximum Gasteiger partial charge on any atom is 0.433 e. The van der Waals surface area contributed by atoms with Crippen molar-refractivity contribution in [1.29, 1.82) is 0 Å². The molecule has 0 saturated heterocycles. The largest absolute Gasteiger partial charge is 0.433 e. The van der Waals surface area contributed by atoms with Gasteiger partial charge in [-0.1, -0.05) is 11.6 Å². The lowest BCUT2D eigenvalue weighted by atomic mass is 10.0. The third-order valence-corrected chi connectivity index (χ3v) is 2.35. The molecular weight excluding hydrogens is 233 g/mol. The second kappa shape index (κ2) is 3.87. The molecule has 90 valence electrons. The molecule has 17 heavy (non-hydrogen) atoms. The van der Waals surface area contributed by atoms with E-state index in [1.165, 1.54) is 12.1 Å². The normalized spacial score (nSPS) is 15.8. The first-order valence-corrected chi connectivity index (χ1v) is 4.90. The predicted molar refractivity (Wildman–Crippen MR) is 57.3 cm³/mol. The van der Waals surface area contributed by atoms with Crippen LogP contribution < -0.4 is 5.32 Å². The highest BCUT2D eigenvalue weighted by Crippen LogP contribution is 2.29. The fourth-order valence-corrected chi connectivity index (χ4v) is 1.63. The van der Waals surface area contributed by atoms with Gasteiger partial charge in [0.15, 0.2) is 0 Å². The van der Waals surface area contributed by atoms with Crippen LogP contribution in [0.1, 0.15) is 11.1 Å². The zero-order valence-corrected chi connectivity index (χ0v) is 8.93. The smallest absolute Gasteiger partial charge is 0.324 e. The summed E-state index contributed by atoms with van der Waals surface area (Å²) < 4.78 is 38.4. The van der Waals surface area contributed by atoms with Crippen molar-refractivity contribution >= 4 is 17.3 Å². The standard InChI is InChI=1S/C11H9F3N2O/c1-6-2-3-8-7(4-6)10(11(12,13)14)15-5-9(17)16-8/h2-4H,5H2,1H3,(H,16,17). The van der Waals surface area contributed by atoms with Gasteiger partial charge in [0.05, 0.1) is 5.69 Å². The van der Waals surface area contributed by atoms with Gasteiger partial charge in [0.1, 0.15) is 12.3 Å². The number of nitrogens with one attached hydrogen (secondary N) is 1. The Bertz CT molecular complexity index is 506. The molecule has 1 N–H and O–H groups in total. The number of hydrogen-bond donors (Lipinski definition) is 1. The van der Waals surface area contributed by atoms with E-state index in [4.69, 9.17) is 0 Å². The lowest BCUT2D eigenvalue weighted by Crippen LogP contribution is -2.24. The summed E-state index contributed by atoms with van der Waals surface area (Å²) in [5.41, 5.74) is -0.260. The molecule has 1 aliphatic heterocycles. The fourth-order valence-electron chi connectivity index (χ4n) is 1.63. The van der Waals surface area contributed by atoms with Gasteiger partial charge in [-0.15, -0.1) is 0 Å². The van der Waals surface area contributed by atoms with Gasteiger partial charge in [0, 0.05) is 5.56 Å². The number of fused-ring (bicyclic) bond motifs is 1. The van der Waals surface area contributed by atoms with Crippen molar-refractivity contribution < 1.29 is 18.0 Å². The lowest BCUT2D eigenvalue weighted by Gasteiger charge is -2.12. The number of amides is 1. The van der Waals surface area contributed by atoms with E-state index in [2.05, 4.69) is 10.3 Å². The van der Waals surface area contributed by atoms with Crippen molar-refractivity contribution in [3.8, 4) is 0 Å². The van der Waals surface area contributed by atoms with Crippen LogP contribution in [-0.2, 0) is 4.79 Å². The molecule has 0 aromatic heterocycles. The molecule has 0 bridgehead atoms. The summed E-state index contributed by atoms with van der Waals surface area (Å²) in [5.74, 6) is -0.547. The maximum absolute atomic E-state index is 12.8. The van der Waals surface area contributed by atoms with Gasteiger partial charge < -0.3 is 5.32 Å². The molecule has 0 aliphatic carbocycles. The molecule has 6 heteroatoms. The zero-order valence-electron chi connectivity index (χ0n) is 8.93. The zero-order chi connectivity index (χ0) is 12.6. The minimum absolute atomic E-state index is 0.0802. The van der Waals surface area contributed by atoms with Gasteiger partial charge in [0.25, 0.3) is 0 Å². The minimum Gasteiger partial charge on any atom is -0.324 e. The molecule has 3 nitrogen and oxygen atoms in total. The van der Waals surface area contributed by atoms with Crippen LogP contribution >= 0.6 is 0 Å². The summed E-state index contributed by atoms with van der Waals surface area (Å²) in [7, 11) is 0. The van der Waals surface area contributed by atoms with Crippen molar-refractivity contribution in [2.24, 2.45) is 4.99 Å². The molecule has 1 aromatic rings. The average Bonchev–Trinajstić information content (AvgIpc) is 2.35. The number of alkyl halides is 3. The van der Waals surface area contributed by atoms with Gasteiger partial charge in [-0.25, -0.2) is 0 Å². The van der Waals surface area contributed by atoms with E-state index in [0.29, 0.717) is 5.56 Å². The molecule has 2 rings (SSSR count). The Hall–Kier alpha value is -1.85. The van der Waals surface area contributed by atoms with Crippen molar-refractivity contribution in [1.82, 2.24) is 0 Å². The van der Waals surface area contributed by atoms with Gasteiger partial charge in [0.2, 0.25) is 5.91 Å². The van der Waals surface area contributed by atoms with Gasteiger partial charge in [-0.3, -0.25) is 9.79 Å². The SMILES string of the molecule is Cc1ccc2c(c1)C(C(F)(F)F)=NCC(=O)N2. The van der Waals surface area contributed by atoms with E-state index in [1.54, 1.807) is 13.0 Å². The molecule has 0 atom stereocenters. The summed E-state index contributed by atoms with van der Waals surface area (Å²) in [4.78, 5) is 14.6. The summed E-state index contributed by atoms with van der Waals surface area (Å²) in [6.45, 7) is 1.17. The third-order valence-electron chi connectivity index (χ3n) is 2.35. The average molecular weight is 242 g/mol. The van der Waals surface area contributed by atoms with E-state index >= 15 is 0 Å². The summed E-state index contributed by atoms with van der Waals surface area (Å²) >= 11 is 0. The fraction of sp³-hybridized carbons (Fsp3) is 0.273. The summed E-state index contributed by atoms with van der Waals surface area (Å²) in [6, 6.07) is 4.46. The van der Waals surface area contributed by atoms with E-state index in [9.17, 15) is 18.0 Å². The summed E-state index contributed by atoms with van der Waals surface area (Å²) in [5, 5.41) is 2.40. The Morgan fingerprint density at radius 2 is 2.06 bits per heavy atom. The Labute approximate surface area is 95.4 Å².